The second kappa shape index (κ2) is 15.2. The number of anilines is 2. The number of nitro groups is 2. The van der Waals surface area contributed by atoms with E-state index < -0.39 is 44.7 Å². The summed E-state index contributed by atoms with van der Waals surface area (Å²) in [5, 5.41) is 24.6. The van der Waals surface area contributed by atoms with Crippen molar-refractivity contribution in [2.24, 2.45) is 0 Å². The van der Waals surface area contributed by atoms with Crippen molar-refractivity contribution in [1.82, 2.24) is 0 Å². The van der Waals surface area contributed by atoms with E-state index >= 15 is 0 Å². The van der Waals surface area contributed by atoms with Gasteiger partial charge in [0.25, 0.3) is 0 Å². The SMILES string of the molecule is CCN(CC)c1c(Cl)c(Oc2cc(-c3ccc(C(F)(F)F)cc3)c([N+](=O)[O-])c(N(CC)CC)c2Cl)cc(-c2ccc(C(F)(F)F)cc2)c1[N+](=O)[O-]. The molecule has 4 aromatic carbocycles. The zero-order valence-corrected chi connectivity index (χ0v) is 29.0. The molecule has 4 aromatic rings. The lowest BCUT2D eigenvalue weighted by molar-refractivity contribution is -0.383. The predicted molar refractivity (Wildman–Crippen MR) is 184 cm³/mol. The summed E-state index contributed by atoms with van der Waals surface area (Å²) in [6.45, 7) is 7.68. The maximum absolute atomic E-state index is 13.4. The quantitative estimate of drug-likeness (QED) is 0.0805. The molecule has 0 spiro atoms. The van der Waals surface area contributed by atoms with Gasteiger partial charge in [-0.15, -0.1) is 0 Å². The zero-order chi connectivity index (χ0) is 38.0. The number of alkyl halides is 6. The molecule has 0 fully saturated rings. The highest BCUT2D eigenvalue weighted by Crippen LogP contribution is 2.53. The van der Waals surface area contributed by atoms with Crippen LogP contribution in [0, 0.1) is 20.2 Å². The smallest absolute Gasteiger partial charge is 0.416 e. The second-order valence-electron chi connectivity index (χ2n) is 11.0. The molecule has 4 rings (SSSR count). The van der Waals surface area contributed by atoms with Crippen LogP contribution in [-0.4, -0.2) is 36.0 Å². The Hall–Kier alpha value is -4.76. The molecule has 0 aliphatic heterocycles. The molecule has 272 valence electrons. The third-order valence-electron chi connectivity index (χ3n) is 8.15. The highest BCUT2D eigenvalue weighted by atomic mass is 35.5. The molecular weight excluding hydrogens is 729 g/mol. The molecule has 0 aromatic heterocycles. The lowest BCUT2D eigenvalue weighted by atomic mass is 9.99. The minimum Gasteiger partial charge on any atom is -0.454 e. The van der Waals surface area contributed by atoms with E-state index in [1.807, 2.05) is 0 Å². The first-order valence-corrected chi connectivity index (χ1v) is 16.2. The van der Waals surface area contributed by atoms with Crippen molar-refractivity contribution in [3.8, 4) is 33.8 Å². The van der Waals surface area contributed by atoms with E-state index in [1.165, 1.54) is 0 Å². The van der Waals surface area contributed by atoms with Crippen molar-refractivity contribution in [1.29, 1.82) is 0 Å². The van der Waals surface area contributed by atoms with Crippen molar-refractivity contribution in [3.05, 3.63) is 102 Å². The summed E-state index contributed by atoms with van der Waals surface area (Å²) < 4.78 is 86.5. The third-order valence-corrected chi connectivity index (χ3v) is 8.88. The fourth-order valence-corrected chi connectivity index (χ4v) is 6.24. The highest BCUT2D eigenvalue weighted by Gasteiger charge is 2.35. The first-order chi connectivity index (χ1) is 23.9. The maximum Gasteiger partial charge on any atom is 0.416 e. The van der Waals surface area contributed by atoms with Gasteiger partial charge in [-0.1, -0.05) is 47.5 Å². The molecule has 0 unspecified atom stereocenters. The number of hydrogen-bond acceptors (Lipinski definition) is 7. The van der Waals surface area contributed by atoms with Crippen LogP contribution in [0.15, 0.2) is 60.7 Å². The van der Waals surface area contributed by atoms with Crippen LogP contribution < -0.4 is 14.5 Å². The first-order valence-electron chi connectivity index (χ1n) is 15.4. The van der Waals surface area contributed by atoms with E-state index in [0.717, 1.165) is 60.7 Å². The van der Waals surface area contributed by atoms with E-state index in [2.05, 4.69) is 0 Å². The van der Waals surface area contributed by atoms with Gasteiger partial charge >= 0.3 is 23.7 Å². The normalized spacial score (nSPS) is 11.8. The third kappa shape index (κ3) is 7.94. The second-order valence-corrected chi connectivity index (χ2v) is 11.7. The summed E-state index contributed by atoms with van der Waals surface area (Å²) >= 11 is 13.6. The molecule has 0 aliphatic rings. The predicted octanol–water partition coefficient (Wildman–Crippen LogP) is 11.7. The van der Waals surface area contributed by atoms with Crippen molar-refractivity contribution in [2.45, 2.75) is 40.0 Å². The Kier molecular flexibility index (Phi) is 11.7. The summed E-state index contributed by atoms with van der Waals surface area (Å²) in [4.78, 5) is 26.8. The highest BCUT2D eigenvalue weighted by molar-refractivity contribution is 6.36. The largest absolute Gasteiger partial charge is 0.454 e. The topological polar surface area (TPSA) is 102 Å². The number of nitrogens with zero attached hydrogens (tertiary/aromatic N) is 4. The molecule has 0 bridgehead atoms. The molecule has 0 heterocycles. The molecule has 0 amide bonds. The molecule has 0 aliphatic carbocycles. The van der Waals surface area contributed by atoms with Gasteiger partial charge in [-0.05, 0) is 75.2 Å². The molecule has 51 heavy (non-hydrogen) atoms. The molecular formula is C34H30Cl2F6N4O5. The first kappa shape index (κ1) is 39.0. The number of rotatable bonds is 12. The fourth-order valence-electron chi connectivity index (χ4n) is 5.63. The van der Waals surface area contributed by atoms with Crippen molar-refractivity contribution >= 4 is 46.0 Å². The van der Waals surface area contributed by atoms with Crippen LogP contribution in [0.5, 0.6) is 11.5 Å². The molecule has 17 heteroatoms. The maximum atomic E-state index is 13.4. The average Bonchev–Trinajstić information content (AvgIpc) is 3.07. The number of halogens is 8. The van der Waals surface area contributed by atoms with Crippen LogP contribution in [0.3, 0.4) is 0 Å². The van der Waals surface area contributed by atoms with Crippen LogP contribution >= 0.6 is 23.2 Å². The van der Waals surface area contributed by atoms with Gasteiger partial charge in [-0.2, -0.15) is 26.3 Å². The lowest BCUT2D eigenvalue weighted by Gasteiger charge is -2.26. The molecule has 0 N–H and O–H groups in total. The lowest BCUT2D eigenvalue weighted by Crippen LogP contribution is -2.24. The number of ether oxygens (including phenoxy) is 1. The van der Waals surface area contributed by atoms with Gasteiger partial charge in [0.15, 0.2) is 0 Å². The van der Waals surface area contributed by atoms with Gasteiger partial charge in [0.05, 0.1) is 32.1 Å². The number of benzene rings is 4. The van der Waals surface area contributed by atoms with Gasteiger partial charge < -0.3 is 14.5 Å². The summed E-state index contributed by atoms with van der Waals surface area (Å²) in [6, 6.07) is 9.64. The van der Waals surface area contributed by atoms with Gasteiger partial charge in [-0.25, -0.2) is 0 Å². The van der Waals surface area contributed by atoms with Crippen LogP contribution in [0.1, 0.15) is 38.8 Å². The van der Waals surface area contributed by atoms with Gasteiger partial charge in [0.2, 0.25) is 0 Å². The van der Waals surface area contributed by atoms with E-state index in [9.17, 15) is 46.6 Å². The molecule has 0 radical (unpaired) electrons. The van der Waals surface area contributed by atoms with E-state index in [1.54, 1.807) is 37.5 Å². The number of nitro benzene ring substituents is 2. The Balaban J connectivity index is 2.07. The Morgan fingerprint density at radius 2 is 0.902 bits per heavy atom. The fraction of sp³-hybridized carbons (Fsp3) is 0.294. The summed E-state index contributed by atoms with van der Waals surface area (Å²) in [6.07, 6.45) is -9.35. The Morgan fingerprint density at radius 1 is 0.608 bits per heavy atom. The Bertz CT molecular complexity index is 1790. The van der Waals surface area contributed by atoms with Crippen LogP contribution in [0.2, 0.25) is 10.0 Å². The van der Waals surface area contributed by atoms with E-state index in [4.69, 9.17) is 27.9 Å². The Labute approximate surface area is 298 Å². The van der Waals surface area contributed by atoms with E-state index in [-0.39, 0.29) is 81.4 Å². The summed E-state index contributed by atoms with van der Waals surface area (Å²) in [5.41, 5.74) is -3.48. The molecule has 9 nitrogen and oxygen atoms in total. The summed E-state index contributed by atoms with van der Waals surface area (Å²) in [5.74, 6) is -0.475. The van der Waals surface area contributed by atoms with Crippen molar-refractivity contribution in [3.63, 3.8) is 0 Å². The molecule has 0 saturated heterocycles. The van der Waals surface area contributed by atoms with Gasteiger partial charge in [-0.3, -0.25) is 20.2 Å². The van der Waals surface area contributed by atoms with Gasteiger partial charge in [0, 0.05) is 26.2 Å². The standard InChI is InChI=1S/C34H30Cl2F6N4O5/c1-5-43(6-2)31-27(35)25(17-23(29(31)45(47)48)19-9-13-21(14-10-19)33(37,38)39)51-26-18-24(20-11-15-22(16-12-20)34(40,41)42)30(46(49)50)32(28(26)36)44(7-3)8-4/h9-18H,5-8H2,1-4H3. The molecule has 0 saturated carbocycles. The van der Waals surface area contributed by atoms with Gasteiger partial charge in [0.1, 0.15) is 32.9 Å². The zero-order valence-electron chi connectivity index (χ0n) is 27.5. The monoisotopic (exact) mass is 758 g/mol. The minimum absolute atomic E-state index is 0.0219. The Morgan fingerprint density at radius 3 is 1.14 bits per heavy atom. The van der Waals surface area contributed by atoms with Crippen molar-refractivity contribution in [2.75, 3.05) is 36.0 Å². The number of hydrogen-bond donors (Lipinski definition) is 0. The molecule has 0 atom stereocenters. The average molecular weight is 760 g/mol. The minimum atomic E-state index is -4.68. The van der Waals surface area contributed by atoms with Crippen molar-refractivity contribution < 1.29 is 40.9 Å². The summed E-state index contributed by atoms with van der Waals surface area (Å²) in [7, 11) is 0. The van der Waals surface area contributed by atoms with Crippen LogP contribution in [0.25, 0.3) is 22.3 Å². The van der Waals surface area contributed by atoms with Crippen LogP contribution in [-0.2, 0) is 12.4 Å². The van der Waals surface area contributed by atoms with E-state index in [0.29, 0.717) is 0 Å². The van der Waals surface area contributed by atoms with Crippen LogP contribution in [0.4, 0.5) is 49.1 Å².